The van der Waals surface area contributed by atoms with Crippen LogP contribution in [0.25, 0.3) is 11.0 Å². The van der Waals surface area contributed by atoms with E-state index in [2.05, 4.69) is 15.3 Å². The number of H-pyrrole nitrogens is 1. The van der Waals surface area contributed by atoms with Gasteiger partial charge in [0.15, 0.2) is 5.82 Å². The third kappa shape index (κ3) is 4.07. The molecule has 156 valence electrons. The molecule has 8 nitrogen and oxygen atoms in total. The average molecular weight is 408 g/mol. The molecule has 1 amide bonds. The number of ether oxygens (including phenoxy) is 2. The maximum Gasteiger partial charge on any atom is 0.291 e. The molecule has 3 aromatic rings. The molecule has 2 heterocycles. The van der Waals surface area contributed by atoms with Gasteiger partial charge in [-0.2, -0.15) is 0 Å². The van der Waals surface area contributed by atoms with Crippen LogP contribution < -0.4 is 25.2 Å². The molecule has 1 aromatic heterocycles. The number of aromatic nitrogens is 2. The number of carbonyl (C=O) groups is 1. The van der Waals surface area contributed by atoms with E-state index >= 15 is 0 Å². The maximum atomic E-state index is 12.9. The lowest BCUT2D eigenvalue weighted by atomic mass is 9.97. The summed E-state index contributed by atoms with van der Waals surface area (Å²) >= 11 is 0. The molecular weight excluding hydrogens is 384 g/mol. The van der Waals surface area contributed by atoms with Crippen molar-refractivity contribution in [3.63, 3.8) is 0 Å². The first-order valence-corrected chi connectivity index (χ1v) is 9.85. The molecule has 0 spiro atoms. The Labute approximate surface area is 173 Å². The Bertz CT molecular complexity index is 1110. The Balaban J connectivity index is 1.52. The molecule has 1 fully saturated rings. The summed E-state index contributed by atoms with van der Waals surface area (Å²) in [5.41, 5.74) is 1.79. The second-order valence-electron chi connectivity index (χ2n) is 7.28. The number of nitrogens with one attached hydrogen (secondary N) is 2. The van der Waals surface area contributed by atoms with Crippen molar-refractivity contribution in [2.75, 3.05) is 37.5 Å². The van der Waals surface area contributed by atoms with Crippen LogP contribution in [0.5, 0.6) is 11.5 Å². The van der Waals surface area contributed by atoms with E-state index in [-0.39, 0.29) is 17.4 Å². The minimum atomic E-state index is -0.261. The van der Waals surface area contributed by atoms with Crippen LogP contribution in [-0.2, 0) is 4.79 Å². The Kier molecular flexibility index (Phi) is 5.56. The van der Waals surface area contributed by atoms with E-state index < -0.39 is 0 Å². The average Bonchev–Trinajstić information content (AvgIpc) is 2.78. The van der Waals surface area contributed by atoms with Crippen molar-refractivity contribution in [3.05, 3.63) is 52.8 Å². The Morgan fingerprint density at radius 2 is 1.90 bits per heavy atom. The molecule has 1 atom stereocenters. The number of aromatic amines is 1. The number of anilines is 2. The highest BCUT2D eigenvalue weighted by atomic mass is 16.5. The fourth-order valence-corrected chi connectivity index (χ4v) is 3.74. The molecular formula is C22H24N4O4. The van der Waals surface area contributed by atoms with E-state index in [9.17, 15) is 9.59 Å². The fraction of sp³-hybridized carbons (Fsp3) is 0.318. The Hall–Kier alpha value is -3.55. The van der Waals surface area contributed by atoms with Gasteiger partial charge in [-0.05, 0) is 25.0 Å². The fourth-order valence-electron chi connectivity index (χ4n) is 3.74. The van der Waals surface area contributed by atoms with Gasteiger partial charge >= 0.3 is 0 Å². The molecule has 30 heavy (non-hydrogen) atoms. The number of fused-ring (bicyclic) bond motifs is 1. The van der Waals surface area contributed by atoms with Crippen molar-refractivity contribution < 1.29 is 14.3 Å². The largest absolute Gasteiger partial charge is 0.497 e. The standard InChI is InChI=1S/C22H24N4O4/c1-29-16-10-15(11-17(12-16)30-2)23-21(27)14-6-5-9-26(13-14)20-22(28)25-19-8-4-3-7-18(19)24-20/h3-4,7-8,10-12,14H,5-6,9,13H2,1-2H3,(H,23,27)(H,25,28)/t14-/m0/s1. The minimum absolute atomic E-state index is 0.104. The van der Waals surface area contributed by atoms with Crippen molar-refractivity contribution in [2.45, 2.75) is 12.8 Å². The zero-order valence-corrected chi connectivity index (χ0v) is 17.0. The van der Waals surface area contributed by atoms with Gasteiger partial charge in [-0.3, -0.25) is 9.59 Å². The summed E-state index contributed by atoms with van der Waals surface area (Å²) in [7, 11) is 3.13. The normalized spacial score (nSPS) is 16.3. The summed E-state index contributed by atoms with van der Waals surface area (Å²) in [5.74, 6) is 1.19. The van der Waals surface area contributed by atoms with Gasteiger partial charge < -0.3 is 24.7 Å². The summed E-state index contributed by atoms with van der Waals surface area (Å²) < 4.78 is 10.5. The van der Waals surface area contributed by atoms with E-state index in [0.29, 0.717) is 41.6 Å². The van der Waals surface area contributed by atoms with Gasteiger partial charge in [0.25, 0.3) is 5.56 Å². The van der Waals surface area contributed by atoms with Crippen LogP contribution in [0.1, 0.15) is 12.8 Å². The van der Waals surface area contributed by atoms with Gasteiger partial charge in [0.2, 0.25) is 5.91 Å². The van der Waals surface area contributed by atoms with Crippen molar-refractivity contribution >= 4 is 28.4 Å². The lowest BCUT2D eigenvalue weighted by Gasteiger charge is -2.32. The first-order valence-electron chi connectivity index (χ1n) is 9.85. The number of benzene rings is 2. The van der Waals surface area contributed by atoms with Gasteiger partial charge in [0, 0.05) is 37.0 Å². The van der Waals surface area contributed by atoms with E-state index in [1.807, 2.05) is 29.2 Å². The maximum absolute atomic E-state index is 12.9. The minimum Gasteiger partial charge on any atom is -0.497 e. The van der Waals surface area contributed by atoms with Gasteiger partial charge in [0.05, 0.1) is 31.2 Å². The van der Waals surface area contributed by atoms with E-state index in [0.717, 1.165) is 18.4 Å². The second-order valence-corrected chi connectivity index (χ2v) is 7.28. The van der Waals surface area contributed by atoms with E-state index in [1.54, 1.807) is 32.4 Å². The molecule has 0 saturated carbocycles. The van der Waals surface area contributed by atoms with Gasteiger partial charge in [0.1, 0.15) is 11.5 Å². The third-order valence-corrected chi connectivity index (χ3v) is 5.29. The molecule has 1 aliphatic rings. The number of rotatable bonds is 5. The van der Waals surface area contributed by atoms with Crippen LogP contribution in [-0.4, -0.2) is 43.2 Å². The smallest absolute Gasteiger partial charge is 0.291 e. The number of piperidine rings is 1. The molecule has 2 N–H and O–H groups in total. The van der Waals surface area contributed by atoms with Crippen molar-refractivity contribution in [2.24, 2.45) is 5.92 Å². The van der Waals surface area contributed by atoms with Crippen LogP contribution in [0.3, 0.4) is 0 Å². The van der Waals surface area contributed by atoms with Crippen molar-refractivity contribution in [1.29, 1.82) is 0 Å². The van der Waals surface area contributed by atoms with Crippen molar-refractivity contribution in [3.8, 4) is 11.5 Å². The van der Waals surface area contributed by atoms with Crippen LogP contribution in [0.4, 0.5) is 11.5 Å². The van der Waals surface area contributed by atoms with E-state index in [1.165, 1.54) is 0 Å². The predicted molar refractivity (Wildman–Crippen MR) is 115 cm³/mol. The molecule has 4 rings (SSSR count). The molecule has 1 aliphatic heterocycles. The summed E-state index contributed by atoms with van der Waals surface area (Å²) in [5, 5.41) is 2.95. The molecule has 1 saturated heterocycles. The third-order valence-electron chi connectivity index (χ3n) is 5.29. The molecule has 0 unspecified atom stereocenters. The highest BCUT2D eigenvalue weighted by Gasteiger charge is 2.28. The number of nitrogens with zero attached hydrogens (tertiary/aromatic N) is 2. The number of amides is 1. The zero-order valence-electron chi connectivity index (χ0n) is 17.0. The number of methoxy groups -OCH3 is 2. The Morgan fingerprint density at radius 1 is 1.17 bits per heavy atom. The summed E-state index contributed by atoms with van der Waals surface area (Å²) in [4.78, 5) is 34.8. The van der Waals surface area contributed by atoms with Crippen LogP contribution in [0.2, 0.25) is 0 Å². The summed E-state index contributed by atoms with van der Waals surface area (Å²) in [6, 6.07) is 12.7. The number of para-hydroxylation sites is 2. The number of hydrogen-bond acceptors (Lipinski definition) is 6. The first-order chi connectivity index (χ1) is 14.6. The zero-order chi connectivity index (χ0) is 21.1. The van der Waals surface area contributed by atoms with Crippen molar-refractivity contribution in [1.82, 2.24) is 9.97 Å². The van der Waals surface area contributed by atoms with E-state index in [4.69, 9.17) is 9.47 Å². The predicted octanol–water partition coefficient (Wildman–Crippen LogP) is 2.80. The molecule has 0 aliphatic carbocycles. The second kappa shape index (κ2) is 8.44. The van der Waals surface area contributed by atoms with Gasteiger partial charge in [-0.25, -0.2) is 4.98 Å². The molecule has 8 heteroatoms. The highest BCUT2D eigenvalue weighted by molar-refractivity contribution is 5.93. The van der Waals surface area contributed by atoms with Crippen LogP contribution >= 0.6 is 0 Å². The number of carbonyl (C=O) groups excluding carboxylic acids is 1. The SMILES string of the molecule is COc1cc(NC(=O)[C@H]2CCCN(c3nc4ccccc4[nH]c3=O)C2)cc(OC)c1. The molecule has 0 bridgehead atoms. The van der Waals surface area contributed by atoms with Gasteiger partial charge in [-0.15, -0.1) is 0 Å². The van der Waals surface area contributed by atoms with Crippen LogP contribution in [0.15, 0.2) is 47.3 Å². The summed E-state index contributed by atoms with van der Waals surface area (Å²) in [6.45, 7) is 1.12. The molecule has 0 radical (unpaired) electrons. The monoisotopic (exact) mass is 408 g/mol. The number of hydrogen-bond donors (Lipinski definition) is 2. The Morgan fingerprint density at radius 3 is 2.63 bits per heavy atom. The lowest BCUT2D eigenvalue weighted by Crippen LogP contribution is -2.43. The van der Waals surface area contributed by atoms with Crippen LogP contribution in [0, 0.1) is 5.92 Å². The molecule has 2 aromatic carbocycles. The quantitative estimate of drug-likeness (QED) is 0.674. The highest BCUT2D eigenvalue weighted by Crippen LogP contribution is 2.27. The topological polar surface area (TPSA) is 96.5 Å². The first kappa shape index (κ1) is 19.8. The lowest BCUT2D eigenvalue weighted by molar-refractivity contribution is -0.120. The summed E-state index contributed by atoms with van der Waals surface area (Å²) in [6.07, 6.45) is 1.54. The van der Waals surface area contributed by atoms with Gasteiger partial charge in [-0.1, -0.05) is 12.1 Å².